The van der Waals surface area contributed by atoms with Crippen LogP contribution in [-0.4, -0.2) is 34.9 Å². The Morgan fingerprint density at radius 3 is 2.55 bits per heavy atom. The lowest BCUT2D eigenvalue weighted by Gasteiger charge is -2.06. The molecule has 1 heterocycles. The minimum absolute atomic E-state index is 0.219. The molecule has 0 saturated heterocycles. The Balaban J connectivity index is 2.94. The Kier molecular flexibility index (Phi) is 1.80. The number of hydrogen-bond donors (Lipinski definition) is 2. The average Bonchev–Trinajstić information content (AvgIpc) is 2.34. The van der Waals surface area contributed by atoms with Crippen molar-refractivity contribution in [1.82, 2.24) is 14.9 Å². The molecule has 0 aromatic carbocycles. The van der Waals surface area contributed by atoms with E-state index in [9.17, 15) is 9.59 Å². The third-order valence-corrected chi connectivity index (χ3v) is 1.23. The van der Waals surface area contributed by atoms with Gasteiger partial charge in [-0.1, -0.05) is 0 Å². The molecule has 0 aliphatic heterocycles. The minimum Gasteiger partial charge on any atom is -0.343 e. The fourth-order valence-corrected chi connectivity index (χ4v) is 0.688. The number of hydrogen-bond acceptors (Lipinski definition) is 2. The largest absolute Gasteiger partial charge is 0.343 e. The van der Waals surface area contributed by atoms with E-state index in [0.29, 0.717) is 0 Å². The van der Waals surface area contributed by atoms with Crippen LogP contribution >= 0.6 is 0 Å². The molecule has 0 aliphatic rings. The van der Waals surface area contributed by atoms with Gasteiger partial charge in [0.05, 0.1) is 0 Å². The number of imidazole rings is 1. The molecule has 1 amide bonds. The second kappa shape index (κ2) is 2.61. The Hall–Kier alpha value is -1.52. The van der Waals surface area contributed by atoms with Crippen LogP contribution in [0.5, 0.6) is 0 Å². The first-order valence-corrected chi connectivity index (χ1v) is 3.10. The van der Waals surface area contributed by atoms with Crippen LogP contribution < -0.4 is 5.69 Å². The van der Waals surface area contributed by atoms with Gasteiger partial charge in [-0.05, 0) is 0 Å². The zero-order valence-corrected chi connectivity index (χ0v) is 6.34. The van der Waals surface area contributed by atoms with E-state index in [-0.39, 0.29) is 17.3 Å². The van der Waals surface area contributed by atoms with E-state index in [4.69, 9.17) is 0 Å². The lowest BCUT2D eigenvalue weighted by Crippen LogP contribution is -2.22. The number of carbonyl (C=O) groups excluding carboxylic acids is 1. The molecule has 1 aromatic rings. The van der Waals surface area contributed by atoms with Crippen LogP contribution in [0, 0.1) is 0 Å². The number of H-pyrrole nitrogens is 2. The summed E-state index contributed by atoms with van der Waals surface area (Å²) in [6, 6.07) is 0. The van der Waals surface area contributed by atoms with Crippen LogP contribution in [0.3, 0.4) is 0 Å². The van der Waals surface area contributed by atoms with E-state index < -0.39 is 0 Å². The Morgan fingerprint density at radius 2 is 2.18 bits per heavy atom. The van der Waals surface area contributed by atoms with Gasteiger partial charge in [-0.25, -0.2) is 4.79 Å². The van der Waals surface area contributed by atoms with E-state index in [2.05, 4.69) is 9.97 Å². The summed E-state index contributed by atoms with van der Waals surface area (Å²) in [6.45, 7) is 0. The maximum absolute atomic E-state index is 11.1. The predicted molar refractivity (Wildman–Crippen MR) is 39.4 cm³/mol. The van der Waals surface area contributed by atoms with Gasteiger partial charge in [0.2, 0.25) is 0 Å². The van der Waals surface area contributed by atoms with Crippen molar-refractivity contribution in [1.29, 1.82) is 0 Å². The van der Waals surface area contributed by atoms with Crippen LogP contribution in [0.15, 0.2) is 11.0 Å². The Morgan fingerprint density at radius 1 is 1.55 bits per heavy atom. The maximum atomic E-state index is 11.1. The van der Waals surface area contributed by atoms with Crippen molar-refractivity contribution < 1.29 is 4.79 Å². The van der Waals surface area contributed by atoms with Gasteiger partial charge in [-0.3, -0.25) is 4.79 Å². The van der Waals surface area contributed by atoms with Crippen LogP contribution in [0.1, 0.15) is 10.5 Å². The van der Waals surface area contributed by atoms with Gasteiger partial charge in [0.25, 0.3) is 5.91 Å². The first-order valence-electron chi connectivity index (χ1n) is 3.10. The third kappa shape index (κ3) is 1.49. The first kappa shape index (κ1) is 7.59. The van der Waals surface area contributed by atoms with Crippen LogP contribution in [0.2, 0.25) is 0 Å². The van der Waals surface area contributed by atoms with E-state index >= 15 is 0 Å². The zero-order valence-electron chi connectivity index (χ0n) is 6.34. The minimum atomic E-state index is -0.366. The summed E-state index contributed by atoms with van der Waals surface area (Å²) in [5, 5.41) is 0. The second-order valence-electron chi connectivity index (χ2n) is 2.36. The fourth-order valence-electron chi connectivity index (χ4n) is 0.688. The summed E-state index contributed by atoms with van der Waals surface area (Å²) < 4.78 is 0. The molecule has 11 heavy (non-hydrogen) atoms. The molecule has 0 atom stereocenters. The topological polar surface area (TPSA) is 69.0 Å². The van der Waals surface area contributed by atoms with Gasteiger partial charge in [-0.2, -0.15) is 0 Å². The predicted octanol–water partition coefficient (Wildman–Crippen LogP) is -0.595. The number of carbonyl (C=O) groups is 1. The monoisotopic (exact) mass is 155 g/mol. The molecular weight excluding hydrogens is 146 g/mol. The highest BCUT2D eigenvalue weighted by atomic mass is 16.2. The van der Waals surface area contributed by atoms with Crippen molar-refractivity contribution in [2.24, 2.45) is 0 Å². The lowest BCUT2D eigenvalue weighted by molar-refractivity contribution is 0.0822. The molecule has 0 bridgehead atoms. The molecule has 1 aromatic heterocycles. The molecule has 5 nitrogen and oxygen atoms in total. The number of nitrogens with one attached hydrogen (secondary N) is 2. The highest BCUT2D eigenvalue weighted by Crippen LogP contribution is 1.91. The van der Waals surface area contributed by atoms with Gasteiger partial charge in [0, 0.05) is 20.3 Å². The van der Waals surface area contributed by atoms with Gasteiger partial charge >= 0.3 is 5.69 Å². The quantitative estimate of drug-likeness (QED) is 0.568. The molecule has 2 N–H and O–H groups in total. The van der Waals surface area contributed by atoms with E-state index in [1.165, 1.54) is 11.1 Å². The summed E-state index contributed by atoms with van der Waals surface area (Å²) in [5.41, 5.74) is -0.0878. The van der Waals surface area contributed by atoms with Crippen molar-refractivity contribution in [3.05, 3.63) is 22.4 Å². The van der Waals surface area contributed by atoms with E-state index in [1.54, 1.807) is 14.1 Å². The van der Waals surface area contributed by atoms with Gasteiger partial charge in [0.1, 0.15) is 5.69 Å². The second-order valence-corrected chi connectivity index (χ2v) is 2.36. The highest BCUT2D eigenvalue weighted by molar-refractivity contribution is 5.91. The molecule has 0 spiro atoms. The average molecular weight is 155 g/mol. The highest BCUT2D eigenvalue weighted by Gasteiger charge is 2.08. The van der Waals surface area contributed by atoms with Gasteiger partial charge in [0.15, 0.2) is 0 Å². The molecule has 60 valence electrons. The number of aromatic nitrogens is 2. The fraction of sp³-hybridized carbons (Fsp3) is 0.333. The maximum Gasteiger partial charge on any atom is 0.323 e. The summed E-state index contributed by atoms with van der Waals surface area (Å²) in [5.74, 6) is -0.219. The van der Waals surface area contributed by atoms with Crippen molar-refractivity contribution in [3.63, 3.8) is 0 Å². The Labute approximate surface area is 63.0 Å². The SMILES string of the molecule is CN(C)C(=O)c1c[nH]c(=O)[nH]1. The van der Waals surface area contributed by atoms with Crippen LogP contribution in [-0.2, 0) is 0 Å². The van der Waals surface area contributed by atoms with Gasteiger partial charge in [-0.15, -0.1) is 0 Å². The van der Waals surface area contributed by atoms with E-state index in [1.807, 2.05) is 0 Å². The van der Waals surface area contributed by atoms with E-state index in [0.717, 1.165) is 0 Å². The van der Waals surface area contributed by atoms with Crippen molar-refractivity contribution in [2.75, 3.05) is 14.1 Å². The molecule has 0 aliphatic carbocycles. The molecule has 0 fully saturated rings. The summed E-state index contributed by atoms with van der Waals surface area (Å²) >= 11 is 0. The van der Waals surface area contributed by atoms with Gasteiger partial charge < -0.3 is 14.9 Å². The number of aromatic amines is 2. The molecule has 0 radical (unpaired) electrons. The molecule has 0 unspecified atom stereocenters. The first-order chi connectivity index (χ1) is 5.11. The number of nitrogens with zero attached hydrogens (tertiary/aromatic N) is 1. The summed E-state index contributed by atoms with van der Waals surface area (Å²) in [4.78, 5) is 27.7. The third-order valence-electron chi connectivity index (χ3n) is 1.23. The van der Waals surface area contributed by atoms with Crippen molar-refractivity contribution in [2.45, 2.75) is 0 Å². The number of rotatable bonds is 1. The molecule has 0 saturated carbocycles. The lowest BCUT2D eigenvalue weighted by atomic mass is 10.4. The number of amides is 1. The Bertz CT molecular complexity index is 310. The summed E-state index contributed by atoms with van der Waals surface area (Å²) in [6.07, 6.45) is 1.35. The molecule has 1 rings (SSSR count). The normalized spacial score (nSPS) is 9.64. The standard InChI is InChI=1S/C6H9N3O2/c1-9(2)5(10)4-3-7-6(11)8-4/h3H,1-2H3,(H2,7,8,11). The van der Waals surface area contributed by atoms with Crippen LogP contribution in [0.25, 0.3) is 0 Å². The summed E-state index contributed by atoms with van der Waals surface area (Å²) in [7, 11) is 3.24. The van der Waals surface area contributed by atoms with Crippen molar-refractivity contribution >= 4 is 5.91 Å². The van der Waals surface area contributed by atoms with Crippen molar-refractivity contribution in [3.8, 4) is 0 Å². The smallest absolute Gasteiger partial charge is 0.323 e. The molecular formula is C6H9N3O2. The molecule has 5 heteroatoms. The van der Waals surface area contributed by atoms with Crippen LogP contribution in [0.4, 0.5) is 0 Å². The zero-order chi connectivity index (χ0) is 8.43.